The summed E-state index contributed by atoms with van der Waals surface area (Å²) in [6, 6.07) is 7.38. The predicted molar refractivity (Wildman–Crippen MR) is 85.9 cm³/mol. The van der Waals surface area contributed by atoms with Crippen LogP contribution in [0.3, 0.4) is 0 Å². The second-order valence-electron chi connectivity index (χ2n) is 5.78. The fourth-order valence-corrected chi connectivity index (χ4v) is 2.67. The molecule has 5 nitrogen and oxygen atoms in total. The van der Waals surface area contributed by atoms with E-state index in [1.54, 1.807) is 19.1 Å². The number of carbonyl (C=O) groups is 2. The van der Waals surface area contributed by atoms with Gasteiger partial charge in [-0.2, -0.15) is 0 Å². The number of amides is 2. The summed E-state index contributed by atoms with van der Waals surface area (Å²) in [5.74, 6) is 0.226. The summed E-state index contributed by atoms with van der Waals surface area (Å²) < 4.78 is 5.72. The zero-order chi connectivity index (χ0) is 15.9. The first-order valence-electron chi connectivity index (χ1n) is 7.90. The molecule has 0 saturated heterocycles. The van der Waals surface area contributed by atoms with E-state index in [0.717, 1.165) is 12.8 Å². The number of hydrogen-bond acceptors (Lipinski definition) is 3. The molecule has 2 N–H and O–H groups in total. The molecule has 0 radical (unpaired) electrons. The van der Waals surface area contributed by atoms with Gasteiger partial charge in [0.25, 0.3) is 5.91 Å². The summed E-state index contributed by atoms with van der Waals surface area (Å²) in [5.41, 5.74) is 0.576. The molecule has 0 spiro atoms. The second-order valence-corrected chi connectivity index (χ2v) is 5.78. The Bertz CT molecular complexity index is 524. The van der Waals surface area contributed by atoms with E-state index in [2.05, 4.69) is 10.6 Å². The second kappa shape index (κ2) is 7.82. The van der Waals surface area contributed by atoms with E-state index in [4.69, 9.17) is 4.74 Å². The number of hydrogen-bond donors (Lipinski definition) is 2. The Balaban J connectivity index is 1.94. The van der Waals surface area contributed by atoms with Gasteiger partial charge >= 0.3 is 0 Å². The molecule has 1 aliphatic carbocycles. The number of benzene rings is 1. The molecule has 0 aromatic heterocycles. The highest BCUT2D eigenvalue weighted by Crippen LogP contribution is 2.25. The van der Waals surface area contributed by atoms with E-state index in [1.165, 1.54) is 26.2 Å². The van der Waals surface area contributed by atoms with Crippen LogP contribution in [0.25, 0.3) is 0 Å². The molecule has 2 amide bonds. The predicted octanol–water partition coefficient (Wildman–Crippen LogP) is 2.86. The van der Waals surface area contributed by atoms with Gasteiger partial charge in [0, 0.05) is 13.0 Å². The summed E-state index contributed by atoms with van der Waals surface area (Å²) in [7, 11) is 0. The van der Waals surface area contributed by atoms with Gasteiger partial charge in [-0.3, -0.25) is 9.59 Å². The molecule has 1 atom stereocenters. The number of rotatable bonds is 5. The molecule has 22 heavy (non-hydrogen) atoms. The van der Waals surface area contributed by atoms with E-state index in [1.807, 2.05) is 12.1 Å². The third-order valence-electron chi connectivity index (χ3n) is 3.82. The van der Waals surface area contributed by atoms with Crippen LogP contribution in [0, 0.1) is 0 Å². The van der Waals surface area contributed by atoms with Gasteiger partial charge in [-0.05, 0) is 31.9 Å². The quantitative estimate of drug-likeness (QED) is 0.879. The highest BCUT2D eigenvalue weighted by molar-refractivity contribution is 5.90. The Labute approximate surface area is 131 Å². The van der Waals surface area contributed by atoms with E-state index >= 15 is 0 Å². The molecule has 1 aliphatic rings. The van der Waals surface area contributed by atoms with Crippen molar-refractivity contribution in [2.75, 3.05) is 5.32 Å². The van der Waals surface area contributed by atoms with Crippen molar-refractivity contribution in [2.45, 2.75) is 58.1 Å². The number of anilines is 1. The van der Waals surface area contributed by atoms with Crippen LogP contribution in [0.2, 0.25) is 0 Å². The number of carbonyl (C=O) groups excluding carboxylic acids is 2. The Hall–Kier alpha value is -2.04. The summed E-state index contributed by atoms with van der Waals surface area (Å²) in [6.45, 7) is 3.17. The fourth-order valence-electron chi connectivity index (χ4n) is 2.67. The lowest BCUT2D eigenvalue weighted by molar-refractivity contribution is -0.128. The van der Waals surface area contributed by atoms with Gasteiger partial charge in [0.05, 0.1) is 5.69 Å². The Kier molecular flexibility index (Phi) is 5.81. The van der Waals surface area contributed by atoms with E-state index < -0.39 is 6.10 Å². The first-order chi connectivity index (χ1) is 10.6. The van der Waals surface area contributed by atoms with Crippen LogP contribution in [0.5, 0.6) is 5.75 Å². The minimum atomic E-state index is -0.600. The van der Waals surface area contributed by atoms with Gasteiger partial charge in [-0.25, -0.2) is 0 Å². The van der Waals surface area contributed by atoms with Crippen molar-refractivity contribution >= 4 is 17.5 Å². The first kappa shape index (κ1) is 16.3. The Morgan fingerprint density at radius 1 is 1.18 bits per heavy atom. The zero-order valence-electron chi connectivity index (χ0n) is 13.2. The van der Waals surface area contributed by atoms with Crippen molar-refractivity contribution in [1.29, 1.82) is 0 Å². The molecule has 5 heteroatoms. The Morgan fingerprint density at radius 3 is 2.55 bits per heavy atom. The molecule has 120 valence electrons. The molecule has 1 aromatic carbocycles. The van der Waals surface area contributed by atoms with Crippen molar-refractivity contribution in [3.8, 4) is 5.75 Å². The van der Waals surface area contributed by atoms with Crippen molar-refractivity contribution in [3.63, 3.8) is 0 Å². The monoisotopic (exact) mass is 304 g/mol. The standard InChI is InChI=1S/C17H24N2O3/c1-12(17(21)19-14-8-4-3-5-9-14)22-16-11-7-6-10-15(16)18-13(2)20/h6-7,10-12,14H,3-5,8-9H2,1-2H3,(H,18,20)(H,19,21)/t12-/m1/s1. The van der Waals surface area contributed by atoms with Crippen LogP contribution in [0.1, 0.15) is 46.0 Å². The van der Waals surface area contributed by atoms with Crippen molar-refractivity contribution in [2.24, 2.45) is 0 Å². The van der Waals surface area contributed by atoms with Crippen LogP contribution >= 0.6 is 0 Å². The minimum absolute atomic E-state index is 0.107. The SMILES string of the molecule is CC(=O)Nc1ccccc1O[C@H](C)C(=O)NC1CCCCC1. The molecular weight excluding hydrogens is 280 g/mol. The van der Waals surface area contributed by atoms with Crippen LogP contribution in [0.4, 0.5) is 5.69 Å². The van der Waals surface area contributed by atoms with Gasteiger partial charge in [-0.15, -0.1) is 0 Å². The normalized spacial score (nSPS) is 16.6. The van der Waals surface area contributed by atoms with Gasteiger partial charge in [0.15, 0.2) is 6.10 Å². The summed E-state index contributed by atoms with van der Waals surface area (Å²) in [5, 5.41) is 5.75. The average Bonchev–Trinajstić information content (AvgIpc) is 2.49. The highest BCUT2D eigenvalue weighted by atomic mass is 16.5. The maximum atomic E-state index is 12.2. The van der Waals surface area contributed by atoms with Crippen LogP contribution in [0.15, 0.2) is 24.3 Å². The topological polar surface area (TPSA) is 67.4 Å². The zero-order valence-corrected chi connectivity index (χ0v) is 13.2. The van der Waals surface area contributed by atoms with Gasteiger partial charge in [0.1, 0.15) is 5.75 Å². The largest absolute Gasteiger partial charge is 0.479 e. The third kappa shape index (κ3) is 4.76. The molecule has 0 bridgehead atoms. The van der Waals surface area contributed by atoms with Gasteiger partial charge in [-0.1, -0.05) is 31.4 Å². The maximum absolute atomic E-state index is 12.2. The van der Waals surface area contributed by atoms with Crippen molar-refractivity contribution in [3.05, 3.63) is 24.3 Å². The third-order valence-corrected chi connectivity index (χ3v) is 3.82. The van der Waals surface area contributed by atoms with E-state index in [0.29, 0.717) is 11.4 Å². The van der Waals surface area contributed by atoms with E-state index in [9.17, 15) is 9.59 Å². The first-order valence-corrected chi connectivity index (χ1v) is 7.90. The molecule has 1 aromatic rings. The lowest BCUT2D eigenvalue weighted by atomic mass is 9.95. The van der Waals surface area contributed by atoms with Gasteiger partial charge < -0.3 is 15.4 Å². The van der Waals surface area contributed by atoms with Crippen LogP contribution in [-0.2, 0) is 9.59 Å². The van der Waals surface area contributed by atoms with Gasteiger partial charge in [0.2, 0.25) is 5.91 Å². The summed E-state index contributed by atoms with van der Waals surface area (Å²) >= 11 is 0. The summed E-state index contributed by atoms with van der Waals surface area (Å²) in [6.07, 6.45) is 5.08. The van der Waals surface area contributed by atoms with Crippen molar-refractivity contribution < 1.29 is 14.3 Å². The smallest absolute Gasteiger partial charge is 0.260 e. The minimum Gasteiger partial charge on any atom is -0.479 e. The average molecular weight is 304 g/mol. The molecule has 1 fully saturated rings. The molecule has 0 heterocycles. The highest BCUT2D eigenvalue weighted by Gasteiger charge is 2.21. The molecule has 0 aliphatic heterocycles. The number of para-hydroxylation sites is 2. The Morgan fingerprint density at radius 2 is 1.86 bits per heavy atom. The van der Waals surface area contributed by atoms with Crippen LogP contribution in [-0.4, -0.2) is 24.0 Å². The van der Waals surface area contributed by atoms with Crippen molar-refractivity contribution in [1.82, 2.24) is 5.32 Å². The lowest BCUT2D eigenvalue weighted by Crippen LogP contribution is -2.43. The van der Waals surface area contributed by atoms with Crippen LogP contribution < -0.4 is 15.4 Å². The summed E-state index contributed by atoms with van der Waals surface area (Å²) in [4.78, 5) is 23.4. The fraction of sp³-hybridized carbons (Fsp3) is 0.529. The lowest BCUT2D eigenvalue weighted by Gasteiger charge is -2.25. The maximum Gasteiger partial charge on any atom is 0.260 e. The number of nitrogens with one attached hydrogen (secondary N) is 2. The van der Waals surface area contributed by atoms with E-state index in [-0.39, 0.29) is 17.9 Å². The number of ether oxygens (including phenoxy) is 1. The molecule has 2 rings (SSSR count). The molecular formula is C17H24N2O3. The molecule has 0 unspecified atom stereocenters. The molecule has 1 saturated carbocycles.